The molecule has 0 saturated heterocycles. The minimum atomic E-state index is -1.36. The lowest BCUT2D eigenvalue weighted by Crippen LogP contribution is -2.22. The van der Waals surface area contributed by atoms with Gasteiger partial charge < -0.3 is 0 Å². The predicted octanol–water partition coefficient (Wildman–Crippen LogP) is 6.42. The second-order valence-electron chi connectivity index (χ2n) is 7.44. The number of allylic oxidation sites excluding steroid dienone is 2. The van der Waals surface area contributed by atoms with Crippen LogP contribution in [0.1, 0.15) is 63.0 Å². The van der Waals surface area contributed by atoms with Crippen LogP contribution in [0.4, 0.5) is 13.2 Å². The summed E-state index contributed by atoms with van der Waals surface area (Å²) in [5.74, 6) is -1.16. The Morgan fingerprint density at radius 2 is 1.61 bits per heavy atom. The fourth-order valence-corrected chi connectivity index (χ4v) is 4.30. The first-order valence-corrected chi connectivity index (χ1v) is 8.80. The van der Waals surface area contributed by atoms with Crippen molar-refractivity contribution < 1.29 is 13.2 Å². The zero-order valence-electron chi connectivity index (χ0n) is 14.0. The summed E-state index contributed by atoms with van der Waals surface area (Å²) in [5, 5.41) is 0. The van der Waals surface area contributed by atoms with Gasteiger partial charge in [-0.15, -0.1) is 0 Å². The van der Waals surface area contributed by atoms with Crippen LogP contribution < -0.4 is 0 Å². The largest absolute Gasteiger partial charge is 0.204 e. The van der Waals surface area contributed by atoms with E-state index in [1.165, 1.54) is 32.6 Å². The van der Waals surface area contributed by atoms with Crippen molar-refractivity contribution in [1.82, 2.24) is 0 Å². The molecule has 0 spiro atoms. The van der Waals surface area contributed by atoms with Gasteiger partial charge in [-0.2, -0.15) is 0 Å². The van der Waals surface area contributed by atoms with Crippen LogP contribution in [0.3, 0.4) is 0 Å². The van der Waals surface area contributed by atoms with Crippen molar-refractivity contribution in [3.05, 3.63) is 40.7 Å². The fraction of sp³-hybridized carbons (Fsp3) is 0.600. The summed E-state index contributed by atoms with van der Waals surface area (Å²) in [6.07, 6.45) is 10.3. The first-order valence-electron chi connectivity index (χ1n) is 8.80. The monoisotopic (exact) mass is 322 g/mol. The van der Waals surface area contributed by atoms with E-state index >= 15 is 0 Å². The molecule has 0 bridgehead atoms. The highest BCUT2D eigenvalue weighted by molar-refractivity contribution is 5.69. The van der Waals surface area contributed by atoms with Crippen LogP contribution in [-0.4, -0.2) is 0 Å². The fourth-order valence-electron chi connectivity index (χ4n) is 4.30. The van der Waals surface area contributed by atoms with E-state index in [4.69, 9.17) is 0 Å². The van der Waals surface area contributed by atoms with Gasteiger partial charge in [0, 0.05) is 0 Å². The van der Waals surface area contributed by atoms with Gasteiger partial charge in [0.05, 0.1) is 0 Å². The van der Waals surface area contributed by atoms with Crippen molar-refractivity contribution in [1.29, 1.82) is 0 Å². The second-order valence-corrected chi connectivity index (χ2v) is 7.44. The third kappa shape index (κ3) is 3.34. The van der Waals surface area contributed by atoms with Gasteiger partial charge in [0.2, 0.25) is 0 Å². The molecule has 0 radical (unpaired) electrons. The molecular formula is C20H25F3. The highest BCUT2D eigenvalue weighted by Gasteiger charge is 2.28. The second kappa shape index (κ2) is 6.70. The maximum absolute atomic E-state index is 13.8. The van der Waals surface area contributed by atoms with E-state index in [9.17, 15) is 13.2 Å². The maximum atomic E-state index is 13.8. The Morgan fingerprint density at radius 3 is 2.22 bits per heavy atom. The molecule has 0 nitrogen and oxygen atoms in total. The summed E-state index contributed by atoms with van der Waals surface area (Å²) >= 11 is 0. The lowest BCUT2D eigenvalue weighted by Gasteiger charge is -2.34. The van der Waals surface area contributed by atoms with Crippen molar-refractivity contribution >= 4 is 5.57 Å². The van der Waals surface area contributed by atoms with Crippen LogP contribution in [0, 0.1) is 42.1 Å². The maximum Gasteiger partial charge on any atom is 0.194 e. The molecule has 0 aromatic heterocycles. The van der Waals surface area contributed by atoms with E-state index in [0.29, 0.717) is 11.5 Å². The summed E-state index contributed by atoms with van der Waals surface area (Å²) in [6, 6.07) is 1.15. The summed E-state index contributed by atoms with van der Waals surface area (Å²) in [6.45, 7) is 3.86. The molecular weight excluding hydrogens is 297 g/mol. The lowest BCUT2D eigenvalue weighted by atomic mass is 9.71. The van der Waals surface area contributed by atoms with Crippen molar-refractivity contribution in [2.24, 2.45) is 17.8 Å². The van der Waals surface area contributed by atoms with Crippen molar-refractivity contribution in [3.8, 4) is 0 Å². The minimum Gasteiger partial charge on any atom is -0.204 e. The molecule has 0 aliphatic heterocycles. The topological polar surface area (TPSA) is 0 Å². The number of hydrogen-bond donors (Lipinski definition) is 0. The number of hydrogen-bond acceptors (Lipinski definition) is 0. The smallest absolute Gasteiger partial charge is 0.194 e. The third-order valence-corrected chi connectivity index (χ3v) is 5.93. The number of rotatable bonds is 2. The van der Waals surface area contributed by atoms with Gasteiger partial charge in [0.25, 0.3) is 0 Å². The molecule has 126 valence electrons. The Labute approximate surface area is 136 Å². The molecule has 3 rings (SSSR count). The normalized spacial score (nSPS) is 28.6. The molecule has 1 fully saturated rings. The van der Waals surface area contributed by atoms with Gasteiger partial charge in [0.15, 0.2) is 17.5 Å². The first kappa shape index (κ1) is 16.6. The van der Waals surface area contributed by atoms with Gasteiger partial charge >= 0.3 is 0 Å². The summed E-state index contributed by atoms with van der Waals surface area (Å²) in [4.78, 5) is 0. The molecule has 23 heavy (non-hydrogen) atoms. The zero-order chi connectivity index (χ0) is 16.6. The first-order chi connectivity index (χ1) is 11.0. The van der Waals surface area contributed by atoms with Crippen LogP contribution in [0.2, 0.25) is 0 Å². The van der Waals surface area contributed by atoms with Gasteiger partial charge in [-0.1, -0.05) is 25.8 Å². The summed E-state index contributed by atoms with van der Waals surface area (Å²) < 4.78 is 40.6. The Balaban J connectivity index is 1.75. The number of benzene rings is 1. The Bertz CT molecular complexity index is 610. The average Bonchev–Trinajstić information content (AvgIpc) is 2.57. The highest BCUT2D eigenvalue weighted by atomic mass is 19.2. The Hall–Kier alpha value is -1.25. The molecule has 1 atom stereocenters. The van der Waals surface area contributed by atoms with Gasteiger partial charge in [-0.25, -0.2) is 13.2 Å². The third-order valence-electron chi connectivity index (χ3n) is 5.93. The minimum absolute atomic E-state index is 0.222. The van der Waals surface area contributed by atoms with Crippen LogP contribution in [-0.2, 0) is 0 Å². The molecule has 3 heteroatoms. The quantitative estimate of drug-likeness (QED) is 0.551. The molecule has 0 amide bonds. The van der Waals surface area contributed by atoms with Crippen LogP contribution in [0.25, 0.3) is 5.57 Å². The lowest BCUT2D eigenvalue weighted by molar-refractivity contribution is 0.202. The molecule has 1 unspecified atom stereocenters. The van der Waals surface area contributed by atoms with Crippen LogP contribution in [0.5, 0.6) is 0 Å². The zero-order valence-corrected chi connectivity index (χ0v) is 14.0. The molecule has 2 aliphatic rings. The molecule has 2 aliphatic carbocycles. The van der Waals surface area contributed by atoms with E-state index in [2.05, 4.69) is 13.0 Å². The SMILES string of the molecule is Cc1c(C2=CCC(C3CCC(C)CC3)CC2)cc(F)c(F)c1F. The Kier molecular flexibility index (Phi) is 4.84. The highest BCUT2D eigenvalue weighted by Crippen LogP contribution is 2.41. The molecule has 0 N–H and O–H groups in total. The molecule has 1 aromatic carbocycles. The molecule has 0 heterocycles. The summed E-state index contributed by atoms with van der Waals surface area (Å²) in [5.41, 5.74) is 1.73. The van der Waals surface area contributed by atoms with Gasteiger partial charge in [-0.05, 0) is 79.5 Å². The van der Waals surface area contributed by atoms with E-state index in [1.807, 2.05) is 0 Å². The van der Waals surface area contributed by atoms with Gasteiger partial charge in [0.1, 0.15) is 0 Å². The van der Waals surface area contributed by atoms with Crippen LogP contribution in [0.15, 0.2) is 12.1 Å². The van der Waals surface area contributed by atoms with Crippen LogP contribution >= 0.6 is 0 Å². The number of halogens is 3. The molecule has 1 saturated carbocycles. The predicted molar refractivity (Wildman–Crippen MR) is 87.5 cm³/mol. The van der Waals surface area contributed by atoms with E-state index in [-0.39, 0.29) is 5.56 Å². The standard InChI is InChI=1S/C20H25F3/c1-12-3-5-14(6-4-12)15-7-9-16(10-8-15)17-11-18(21)20(23)19(22)13(17)2/h9,11-12,14-15H,3-8,10H2,1-2H3. The van der Waals surface area contributed by atoms with Crippen molar-refractivity contribution in [2.45, 2.75) is 58.8 Å². The van der Waals surface area contributed by atoms with E-state index < -0.39 is 17.5 Å². The van der Waals surface area contributed by atoms with E-state index in [1.54, 1.807) is 0 Å². The molecule has 1 aromatic rings. The van der Waals surface area contributed by atoms with E-state index in [0.717, 1.165) is 42.7 Å². The summed E-state index contributed by atoms with van der Waals surface area (Å²) in [7, 11) is 0. The van der Waals surface area contributed by atoms with Crippen molar-refractivity contribution in [3.63, 3.8) is 0 Å². The Morgan fingerprint density at radius 1 is 0.913 bits per heavy atom. The van der Waals surface area contributed by atoms with Crippen molar-refractivity contribution in [2.75, 3.05) is 0 Å². The average molecular weight is 322 g/mol. The van der Waals surface area contributed by atoms with Gasteiger partial charge in [-0.3, -0.25) is 0 Å².